The van der Waals surface area contributed by atoms with E-state index in [0.29, 0.717) is 30.9 Å². The Kier molecular flexibility index (Phi) is 8.14. The van der Waals surface area contributed by atoms with Crippen LogP contribution in [-0.2, 0) is 21.4 Å². The van der Waals surface area contributed by atoms with Gasteiger partial charge < -0.3 is 10.6 Å². The number of hydrogen-bond donors (Lipinski definition) is 2. The molecule has 2 aromatic carbocycles. The highest BCUT2D eigenvalue weighted by Crippen LogP contribution is 2.16. The number of anilines is 1. The standard InChI is InChI=1S/C22H29N3O4S/c1-5-25(6-2)30(28,29)20-13-9-18(10-14-20)22(27)23-15-17-7-11-19(12-8-17)24-21(26)16(3)4/h7-14,16H,5-6,15H2,1-4H3,(H,23,27)(H,24,26). The van der Waals surface area contributed by atoms with E-state index < -0.39 is 10.0 Å². The van der Waals surface area contributed by atoms with Crippen LogP contribution < -0.4 is 10.6 Å². The van der Waals surface area contributed by atoms with Gasteiger partial charge in [-0.1, -0.05) is 39.8 Å². The van der Waals surface area contributed by atoms with E-state index in [1.807, 2.05) is 26.0 Å². The summed E-state index contributed by atoms with van der Waals surface area (Å²) in [5.41, 5.74) is 1.97. The van der Waals surface area contributed by atoms with Crippen LogP contribution >= 0.6 is 0 Å². The predicted molar refractivity (Wildman–Crippen MR) is 118 cm³/mol. The zero-order valence-electron chi connectivity index (χ0n) is 17.8. The molecular formula is C22H29N3O4S. The Morgan fingerprint density at radius 1 is 0.933 bits per heavy atom. The van der Waals surface area contributed by atoms with Crippen molar-refractivity contribution in [3.05, 3.63) is 59.7 Å². The second-order valence-electron chi connectivity index (χ2n) is 7.14. The van der Waals surface area contributed by atoms with Crippen LogP contribution in [-0.4, -0.2) is 37.6 Å². The fourth-order valence-electron chi connectivity index (χ4n) is 2.77. The van der Waals surface area contributed by atoms with E-state index in [2.05, 4.69) is 10.6 Å². The number of rotatable bonds is 9. The Balaban J connectivity index is 1.98. The first kappa shape index (κ1) is 23.6. The lowest BCUT2D eigenvalue weighted by Crippen LogP contribution is -2.30. The van der Waals surface area contributed by atoms with Crippen molar-refractivity contribution < 1.29 is 18.0 Å². The van der Waals surface area contributed by atoms with Gasteiger partial charge in [-0.05, 0) is 42.0 Å². The molecule has 0 aliphatic heterocycles. The highest BCUT2D eigenvalue weighted by Gasteiger charge is 2.21. The van der Waals surface area contributed by atoms with E-state index in [4.69, 9.17) is 0 Å². The Morgan fingerprint density at radius 3 is 2.00 bits per heavy atom. The molecule has 162 valence electrons. The van der Waals surface area contributed by atoms with Crippen molar-refractivity contribution in [1.29, 1.82) is 0 Å². The minimum atomic E-state index is -3.55. The Bertz CT molecular complexity index is 964. The van der Waals surface area contributed by atoms with Crippen LogP contribution in [0.4, 0.5) is 5.69 Å². The third-order valence-corrected chi connectivity index (χ3v) is 6.72. The second kappa shape index (κ2) is 10.4. The number of nitrogens with one attached hydrogen (secondary N) is 2. The minimum Gasteiger partial charge on any atom is -0.348 e. The van der Waals surface area contributed by atoms with E-state index >= 15 is 0 Å². The van der Waals surface area contributed by atoms with Gasteiger partial charge in [0, 0.05) is 36.8 Å². The number of hydrogen-bond acceptors (Lipinski definition) is 4. The van der Waals surface area contributed by atoms with Gasteiger partial charge in [0.15, 0.2) is 0 Å². The van der Waals surface area contributed by atoms with E-state index in [0.717, 1.165) is 5.56 Å². The summed E-state index contributed by atoms with van der Waals surface area (Å²) in [6.07, 6.45) is 0. The molecule has 0 saturated heterocycles. The molecule has 0 spiro atoms. The number of carbonyl (C=O) groups excluding carboxylic acids is 2. The molecule has 8 heteroatoms. The van der Waals surface area contributed by atoms with Crippen LogP contribution in [0.5, 0.6) is 0 Å². The summed E-state index contributed by atoms with van der Waals surface area (Å²) < 4.78 is 26.4. The maximum atomic E-state index is 12.5. The average molecular weight is 432 g/mol. The maximum absolute atomic E-state index is 12.5. The smallest absolute Gasteiger partial charge is 0.251 e. The van der Waals surface area contributed by atoms with Gasteiger partial charge in [0.25, 0.3) is 5.91 Å². The van der Waals surface area contributed by atoms with Crippen LogP contribution in [0.25, 0.3) is 0 Å². The molecule has 0 saturated carbocycles. The van der Waals surface area contributed by atoms with Crippen molar-refractivity contribution in [3.63, 3.8) is 0 Å². The van der Waals surface area contributed by atoms with Gasteiger partial charge >= 0.3 is 0 Å². The topological polar surface area (TPSA) is 95.6 Å². The molecule has 0 aromatic heterocycles. The van der Waals surface area contributed by atoms with Crippen molar-refractivity contribution in [2.45, 2.75) is 39.1 Å². The molecular weight excluding hydrogens is 402 g/mol. The highest BCUT2D eigenvalue weighted by atomic mass is 32.2. The third-order valence-electron chi connectivity index (χ3n) is 4.66. The van der Waals surface area contributed by atoms with Crippen molar-refractivity contribution in [2.24, 2.45) is 5.92 Å². The summed E-state index contributed by atoms with van der Waals surface area (Å²) in [4.78, 5) is 24.3. The lowest BCUT2D eigenvalue weighted by molar-refractivity contribution is -0.118. The summed E-state index contributed by atoms with van der Waals surface area (Å²) in [6, 6.07) is 13.2. The van der Waals surface area contributed by atoms with Gasteiger partial charge in [0.2, 0.25) is 15.9 Å². The first-order valence-electron chi connectivity index (χ1n) is 9.97. The molecule has 2 rings (SSSR count). The van der Waals surface area contributed by atoms with Crippen molar-refractivity contribution in [2.75, 3.05) is 18.4 Å². The van der Waals surface area contributed by atoms with Crippen molar-refractivity contribution in [1.82, 2.24) is 9.62 Å². The molecule has 30 heavy (non-hydrogen) atoms. The summed E-state index contributed by atoms with van der Waals surface area (Å²) in [5, 5.41) is 5.62. The maximum Gasteiger partial charge on any atom is 0.251 e. The Labute approximate surface area is 178 Å². The molecule has 0 unspecified atom stereocenters. The number of carbonyl (C=O) groups is 2. The van der Waals surface area contributed by atoms with Gasteiger partial charge in [-0.2, -0.15) is 4.31 Å². The van der Waals surface area contributed by atoms with Crippen molar-refractivity contribution in [3.8, 4) is 0 Å². The van der Waals surface area contributed by atoms with Crippen LogP contribution in [0.1, 0.15) is 43.6 Å². The number of amides is 2. The molecule has 0 fully saturated rings. The fraction of sp³-hybridized carbons (Fsp3) is 0.364. The largest absolute Gasteiger partial charge is 0.348 e. The molecule has 0 aliphatic rings. The van der Waals surface area contributed by atoms with Crippen LogP contribution in [0, 0.1) is 5.92 Å². The first-order valence-corrected chi connectivity index (χ1v) is 11.4. The van der Waals surface area contributed by atoms with Gasteiger partial charge in [0.05, 0.1) is 4.90 Å². The highest BCUT2D eigenvalue weighted by molar-refractivity contribution is 7.89. The Hall–Kier alpha value is -2.71. The molecule has 2 N–H and O–H groups in total. The molecule has 0 bridgehead atoms. The lowest BCUT2D eigenvalue weighted by atomic mass is 10.1. The minimum absolute atomic E-state index is 0.0532. The number of benzene rings is 2. The number of nitrogens with zero attached hydrogens (tertiary/aromatic N) is 1. The zero-order valence-corrected chi connectivity index (χ0v) is 18.6. The summed E-state index contributed by atoms with van der Waals surface area (Å²) in [7, 11) is -3.55. The first-order chi connectivity index (χ1) is 14.2. The van der Waals surface area contributed by atoms with Crippen LogP contribution in [0.15, 0.2) is 53.4 Å². The predicted octanol–water partition coefficient (Wildman–Crippen LogP) is 3.24. The van der Waals surface area contributed by atoms with Gasteiger partial charge in [-0.3, -0.25) is 9.59 Å². The molecule has 2 amide bonds. The fourth-order valence-corrected chi connectivity index (χ4v) is 4.23. The summed E-state index contributed by atoms with van der Waals surface area (Å²) in [6.45, 7) is 8.32. The van der Waals surface area contributed by atoms with E-state index in [-0.39, 0.29) is 22.6 Å². The molecule has 7 nitrogen and oxygen atoms in total. The van der Waals surface area contributed by atoms with Crippen LogP contribution in [0.3, 0.4) is 0 Å². The molecule has 2 aromatic rings. The van der Waals surface area contributed by atoms with Gasteiger partial charge in [-0.25, -0.2) is 8.42 Å². The normalized spacial score (nSPS) is 11.5. The van der Waals surface area contributed by atoms with E-state index in [1.165, 1.54) is 28.6 Å². The van der Waals surface area contributed by atoms with E-state index in [9.17, 15) is 18.0 Å². The molecule has 0 atom stereocenters. The van der Waals surface area contributed by atoms with Gasteiger partial charge in [0.1, 0.15) is 0 Å². The number of sulfonamides is 1. The quantitative estimate of drug-likeness (QED) is 0.637. The van der Waals surface area contributed by atoms with Crippen molar-refractivity contribution >= 4 is 27.5 Å². The lowest BCUT2D eigenvalue weighted by Gasteiger charge is -2.18. The Morgan fingerprint density at radius 2 is 1.50 bits per heavy atom. The zero-order chi connectivity index (χ0) is 22.3. The van der Waals surface area contributed by atoms with Crippen LogP contribution in [0.2, 0.25) is 0 Å². The summed E-state index contributed by atoms with van der Waals surface area (Å²) >= 11 is 0. The monoisotopic (exact) mass is 431 g/mol. The SMILES string of the molecule is CCN(CC)S(=O)(=O)c1ccc(C(=O)NCc2ccc(NC(=O)C(C)C)cc2)cc1. The molecule has 0 heterocycles. The summed E-state index contributed by atoms with van der Waals surface area (Å²) in [5.74, 6) is -0.446. The van der Waals surface area contributed by atoms with E-state index in [1.54, 1.807) is 26.0 Å². The average Bonchev–Trinajstić information content (AvgIpc) is 2.73. The van der Waals surface area contributed by atoms with Gasteiger partial charge in [-0.15, -0.1) is 0 Å². The molecule has 0 aliphatic carbocycles. The third kappa shape index (κ3) is 5.90. The molecule has 0 radical (unpaired) electrons. The second-order valence-corrected chi connectivity index (χ2v) is 9.08.